The highest BCUT2D eigenvalue weighted by Gasteiger charge is 2.31. The van der Waals surface area contributed by atoms with Crippen molar-refractivity contribution in [3.8, 4) is 0 Å². The van der Waals surface area contributed by atoms with Gasteiger partial charge in [-0.2, -0.15) is 0 Å². The number of methoxy groups -OCH3 is 1. The number of hydrogen-bond acceptors (Lipinski definition) is 5. The number of carbonyl (C=O) groups excluding carboxylic acids is 2. The van der Waals surface area contributed by atoms with Crippen LogP contribution in [0, 0.1) is 5.92 Å². The predicted molar refractivity (Wildman–Crippen MR) is 110 cm³/mol. The quantitative estimate of drug-likeness (QED) is 0.615. The molecule has 0 aliphatic carbocycles. The van der Waals surface area contributed by atoms with Gasteiger partial charge in [0.2, 0.25) is 11.8 Å². The van der Waals surface area contributed by atoms with Crippen LogP contribution in [0.1, 0.15) is 31.9 Å². The summed E-state index contributed by atoms with van der Waals surface area (Å²) < 4.78 is 4.99. The number of nitrogens with one attached hydrogen (secondary N) is 1. The van der Waals surface area contributed by atoms with Crippen LogP contribution in [0.2, 0.25) is 0 Å². The third-order valence-corrected chi connectivity index (χ3v) is 5.49. The van der Waals surface area contributed by atoms with Gasteiger partial charge in [0.15, 0.2) is 0 Å². The van der Waals surface area contributed by atoms with E-state index >= 15 is 0 Å². The standard InChI is InChI=1S/C21H34N4O3/c1-16(19(22)18-8-5-4-6-9-18)21(27)25-13-11-24(12-14-25)17(2)20(26)23-10-7-15-28-3/h4-6,8-9,16-17,19H,7,10-15,22H2,1-3H3,(H,23,26). The highest BCUT2D eigenvalue weighted by molar-refractivity contribution is 5.81. The predicted octanol–water partition coefficient (Wildman–Crippen LogP) is 1.01. The van der Waals surface area contributed by atoms with Gasteiger partial charge >= 0.3 is 0 Å². The normalized spacial score (nSPS) is 18.4. The average molecular weight is 391 g/mol. The molecule has 0 saturated carbocycles. The topological polar surface area (TPSA) is 87.9 Å². The summed E-state index contributed by atoms with van der Waals surface area (Å²) in [5.74, 6) is -0.182. The SMILES string of the molecule is COCCCNC(=O)C(C)N1CCN(C(=O)C(C)C(N)c2ccccc2)CC1. The summed E-state index contributed by atoms with van der Waals surface area (Å²) in [6.07, 6.45) is 0.802. The fourth-order valence-corrected chi connectivity index (χ4v) is 3.48. The Hall–Kier alpha value is -1.96. The molecule has 1 fully saturated rings. The Morgan fingerprint density at radius 3 is 2.39 bits per heavy atom. The molecule has 1 aromatic carbocycles. The number of rotatable bonds is 9. The second-order valence-corrected chi connectivity index (χ2v) is 7.40. The zero-order chi connectivity index (χ0) is 20.5. The maximum absolute atomic E-state index is 12.9. The molecule has 3 unspecified atom stereocenters. The molecule has 28 heavy (non-hydrogen) atoms. The third kappa shape index (κ3) is 6.02. The van der Waals surface area contributed by atoms with Crippen molar-refractivity contribution in [3.63, 3.8) is 0 Å². The lowest BCUT2D eigenvalue weighted by molar-refractivity contribution is -0.138. The van der Waals surface area contributed by atoms with Crippen LogP contribution in [-0.4, -0.2) is 74.1 Å². The van der Waals surface area contributed by atoms with Crippen molar-refractivity contribution in [1.82, 2.24) is 15.1 Å². The largest absolute Gasteiger partial charge is 0.385 e. The van der Waals surface area contributed by atoms with Crippen molar-refractivity contribution in [2.45, 2.75) is 32.4 Å². The van der Waals surface area contributed by atoms with Crippen LogP contribution in [0.4, 0.5) is 0 Å². The highest BCUT2D eigenvalue weighted by atomic mass is 16.5. The molecule has 1 aliphatic heterocycles. The van der Waals surface area contributed by atoms with E-state index in [1.807, 2.05) is 49.1 Å². The Balaban J connectivity index is 1.80. The first-order valence-electron chi connectivity index (χ1n) is 10.1. The van der Waals surface area contributed by atoms with Gasteiger partial charge in [0.1, 0.15) is 0 Å². The summed E-state index contributed by atoms with van der Waals surface area (Å²) in [5, 5.41) is 2.94. The smallest absolute Gasteiger partial charge is 0.237 e. The van der Waals surface area contributed by atoms with E-state index < -0.39 is 0 Å². The molecule has 0 aromatic heterocycles. The Labute approximate surface area is 168 Å². The molecule has 1 aromatic rings. The highest BCUT2D eigenvalue weighted by Crippen LogP contribution is 2.22. The van der Waals surface area contributed by atoms with Gasteiger partial charge < -0.3 is 20.7 Å². The fraction of sp³-hybridized carbons (Fsp3) is 0.619. The van der Waals surface area contributed by atoms with Gasteiger partial charge in [-0.25, -0.2) is 0 Å². The van der Waals surface area contributed by atoms with E-state index in [1.54, 1.807) is 7.11 Å². The number of nitrogens with zero attached hydrogens (tertiary/aromatic N) is 2. The summed E-state index contributed by atoms with van der Waals surface area (Å²) in [6.45, 7) is 7.66. The number of carbonyl (C=O) groups is 2. The van der Waals surface area contributed by atoms with Gasteiger partial charge in [-0.1, -0.05) is 37.3 Å². The average Bonchev–Trinajstić information content (AvgIpc) is 2.75. The summed E-state index contributed by atoms with van der Waals surface area (Å²) in [6, 6.07) is 9.21. The van der Waals surface area contributed by atoms with E-state index in [2.05, 4.69) is 10.2 Å². The number of piperazine rings is 1. The molecule has 0 radical (unpaired) electrons. The monoisotopic (exact) mass is 390 g/mol. The molecule has 7 heteroatoms. The molecule has 1 heterocycles. The molecule has 0 bridgehead atoms. The third-order valence-electron chi connectivity index (χ3n) is 5.49. The zero-order valence-electron chi connectivity index (χ0n) is 17.3. The molecule has 2 amide bonds. The molecule has 2 rings (SSSR count). The molecule has 0 spiro atoms. The summed E-state index contributed by atoms with van der Waals surface area (Å²) >= 11 is 0. The van der Waals surface area contributed by atoms with E-state index in [9.17, 15) is 9.59 Å². The van der Waals surface area contributed by atoms with E-state index in [0.29, 0.717) is 39.3 Å². The van der Waals surface area contributed by atoms with Gasteiger partial charge in [0.25, 0.3) is 0 Å². The van der Waals surface area contributed by atoms with Crippen molar-refractivity contribution >= 4 is 11.8 Å². The first kappa shape index (κ1) is 22.3. The van der Waals surface area contributed by atoms with Gasteiger partial charge in [-0.15, -0.1) is 0 Å². The van der Waals surface area contributed by atoms with Crippen molar-refractivity contribution in [2.75, 3.05) is 46.4 Å². The molecule has 3 atom stereocenters. The first-order valence-corrected chi connectivity index (χ1v) is 10.1. The Morgan fingerprint density at radius 1 is 1.14 bits per heavy atom. The summed E-state index contributed by atoms with van der Waals surface area (Å²) in [7, 11) is 1.65. The molecule has 156 valence electrons. The Morgan fingerprint density at radius 2 is 1.79 bits per heavy atom. The van der Waals surface area contributed by atoms with Crippen LogP contribution < -0.4 is 11.1 Å². The van der Waals surface area contributed by atoms with Crippen molar-refractivity contribution in [2.24, 2.45) is 11.7 Å². The lowest BCUT2D eigenvalue weighted by Gasteiger charge is -2.39. The van der Waals surface area contributed by atoms with Crippen LogP contribution in [-0.2, 0) is 14.3 Å². The lowest BCUT2D eigenvalue weighted by Crippen LogP contribution is -2.56. The zero-order valence-corrected chi connectivity index (χ0v) is 17.3. The van der Waals surface area contributed by atoms with Crippen molar-refractivity contribution in [3.05, 3.63) is 35.9 Å². The minimum absolute atomic E-state index is 0.0235. The van der Waals surface area contributed by atoms with Crippen LogP contribution in [0.25, 0.3) is 0 Å². The van der Waals surface area contributed by atoms with Crippen molar-refractivity contribution < 1.29 is 14.3 Å². The van der Waals surface area contributed by atoms with Crippen LogP contribution in [0.15, 0.2) is 30.3 Å². The summed E-state index contributed by atoms with van der Waals surface area (Å²) in [4.78, 5) is 29.1. The molecule has 7 nitrogen and oxygen atoms in total. The molecular formula is C21H34N4O3. The van der Waals surface area contributed by atoms with E-state index in [4.69, 9.17) is 10.5 Å². The molecule has 1 aliphatic rings. The first-order chi connectivity index (χ1) is 13.5. The minimum atomic E-state index is -0.316. The Kier molecular flexibility index (Phi) is 8.89. The van der Waals surface area contributed by atoms with Gasteiger partial charge in [0, 0.05) is 52.5 Å². The van der Waals surface area contributed by atoms with E-state index in [1.165, 1.54) is 0 Å². The summed E-state index contributed by atoms with van der Waals surface area (Å²) in [5.41, 5.74) is 7.28. The maximum atomic E-state index is 12.9. The molecular weight excluding hydrogens is 356 g/mol. The number of nitrogens with two attached hydrogens (primary N) is 1. The second-order valence-electron chi connectivity index (χ2n) is 7.40. The van der Waals surface area contributed by atoms with Crippen LogP contribution >= 0.6 is 0 Å². The minimum Gasteiger partial charge on any atom is -0.385 e. The van der Waals surface area contributed by atoms with E-state index in [0.717, 1.165) is 12.0 Å². The Bertz CT molecular complexity index is 617. The molecule has 1 saturated heterocycles. The number of hydrogen-bond donors (Lipinski definition) is 2. The molecule has 3 N–H and O–H groups in total. The van der Waals surface area contributed by atoms with E-state index in [-0.39, 0.29) is 29.8 Å². The fourth-order valence-electron chi connectivity index (χ4n) is 3.48. The van der Waals surface area contributed by atoms with Gasteiger partial charge in [-0.05, 0) is 18.9 Å². The lowest BCUT2D eigenvalue weighted by atomic mass is 9.94. The number of ether oxygens (including phenoxy) is 1. The second kappa shape index (κ2) is 11.1. The van der Waals surface area contributed by atoms with Crippen LogP contribution in [0.3, 0.4) is 0 Å². The van der Waals surface area contributed by atoms with Crippen molar-refractivity contribution in [1.29, 1.82) is 0 Å². The van der Waals surface area contributed by atoms with Crippen LogP contribution in [0.5, 0.6) is 0 Å². The number of benzene rings is 1. The maximum Gasteiger partial charge on any atom is 0.237 e. The number of amides is 2. The van der Waals surface area contributed by atoms with Gasteiger partial charge in [0.05, 0.1) is 12.0 Å². The van der Waals surface area contributed by atoms with Gasteiger partial charge in [-0.3, -0.25) is 14.5 Å².